The number of hydrogen-bond donors (Lipinski definition) is 2. The Morgan fingerprint density at radius 1 is 1.24 bits per heavy atom. The van der Waals surface area contributed by atoms with E-state index in [0.29, 0.717) is 29.8 Å². The Labute approximate surface area is 153 Å². The SMILES string of the molecule is CCOC(=O)c1c(NC(=O)C[NH+]2CCCC[C@H]2C)sc2c1CCCC2. The summed E-state index contributed by atoms with van der Waals surface area (Å²) >= 11 is 1.57. The maximum absolute atomic E-state index is 12.6. The van der Waals surface area contributed by atoms with Gasteiger partial charge in [-0.15, -0.1) is 11.3 Å². The van der Waals surface area contributed by atoms with Gasteiger partial charge in [0.25, 0.3) is 5.91 Å². The van der Waals surface area contributed by atoms with Crippen molar-refractivity contribution in [2.75, 3.05) is 25.0 Å². The monoisotopic (exact) mass is 365 g/mol. The number of carbonyl (C=O) groups excluding carboxylic acids is 2. The Morgan fingerprint density at radius 2 is 2.04 bits per heavy atom. The number of fused-ring (bicyclic) bond motifs is 1. The van der Waals surface area contributed by atoms with E-state index in [2.05, 4.69) is 12.2 Å². The highest BCUT2D eigenvalue weighted by Crippen LogP contribution is 2.38. The maximum atomic E-state index is 12.6. The van der Waals surface area contributed by atoms with E-state index in [9.17, 15) is 9.59 Å². The Hall–Kier alpha value is -1.40. The molecule has 0 saturated carbocycles. The summed E-state index contributed by atoms with van der Waals surface area (Å²) in [5, 5.41) is 3.73. The Balaban J connectivity index is 1.75. The van der Waals surface area contributed by atoms with Gasteiger partial charge < -0.3 is 15.0 Å². The van der Waals surface area contributed by atoms with Crippen LogP contribution in [0.4, 0.5) is 5.00 Å². The minimum absolute atomic E-state index is 0.00731. The van der Waals surface area contributed by atoms with Gasteiger partial charge in [-0.3, -0.25) is 4.79 Å². The molecule has 2 aliphatic rings. The lowest BCUT2D eigenvalue weighted by atomic mass is 9.95. The molecule has 1 unspecified atom stereocenters. The van der Waals surface area contributed by atoms with E-state index < -0.39 is 0 Å². The third-order valence-corrected chi connectivity index (χ3v) is 6.58. The highest BCUT2D eigenvalue weighted by molar-refractivity contribution is 7.17. The fraction of sp³-hybridized carbons (Fsp3) is 0.684. The molecule has 1 aliphatic heterocycles. The minimum Gasteiger partial charge on any atom is -0.462 e. The Bertz CT molecular complexity index is 641. The molecule has 2 atom stereocenters. The van der Waals surface area contributed by atoms with Crippen LogP contribution in [0.3, 0.4) is 0 Å². The summed E-state index contributed by atoms with van der Waals surface area (Å²) in [6, 6.07) is 0.528. The van der Waals surface area contributed by atoms with Crippen LogP contribution in [0.2, 0.25) is 0 Å². The lowest BCUT2D eigenvalue weighted by Crippen LogP contribution is -3.17. The molecule has 1 aromatic rings. The predicted octanol–water partition coefficient (Wildman–Crippen LogP) is 2.20. The molecular weight excluding hydrogens is 336 g/mol. The topological polar surface area (TPSA) is 59.8 Å². The zero-order valence-electron chi connectivity index (χ0n) is 15.3. The Morgan fingerprint density at radius 3 is 2.80 bits per heavy atom. The molecule has 5 nitrogen and oxygen atoms in total. The van der Waals surface area contributed by atoms with Gasteiger partial charge in [-0.25, -0.2) is 4.79 Å². The fourth-order valence-corrected chi connectivity index (χ4v) is 5.26. The lowest BCUT2D eigenvalue weighted by molar-refractivity contribution is -0.920. The molecule has 1 aliphatic carbocycles. The number of carbonyl (C=O) groups is 2. The van der Waals surface area contributed by atoms with Gasteiger partial charge in [-0.05, 0) is 64.4 Å². The number of nitrogens with one attached hydrogen (secondary N) is 2. The molecule has 2 N–H and O–H groups in total. The average Bonchev–Trinajstić information content (AvgIpc) is 2.95. The lowest BCUT2D eigenvalue weighted by Gasteiger charge is -2.29. The summed E-state index contributed by atoms with van der Waals surface area (Å²) in [5.41, 5.74) is 1.71. The highest BCUT2D eigenvalue weighted by atomic mass is 32.1. The van der Waals surface area contributed by atoms with Gasteiger partial charge in [0.05, 0.1) is 24.8 Å². The number of anilines is 1. The fourth-order valence-electron chi connectivity index (χ4n) is 3.97. The molecule has 1 fully saturated rings. The van der Waals surface area contributed by atoms with Crippen LogP contribution in [0.15, 0.2) is 0 Å². The number of likely N-dealkylation sites (tertiary alicyclic amines) is 1. The number of thiophene rings is 1. The number of hydrogen-bond acceptors (Lipinski definition) is 4. The van der Waals surface area contributed by atoms with Crippen molar-refractivity contribution in [1.82, 2.24) is 0 Å². The first-order valence-electron chi connectivity index (χ1n) is 9.56. The molecule has 6 heteroatoms. The standard InChI is InChI=1S/C19H28N2O3S/c1-3-24-19(23)17-14-9-4-5-10-15(14)25-18(17)20-16(22)12-21-11-7-6-8-13(21)2/h13H,3-12H2,1-2H3,(H,20,22)/p+1/t13-/m1/s1. The van der Waals surface area contributed by atoms with Gasteiger partial charge in [-0.2, -0.15) is 0 Å². The molecule has 0 radical (unpaired) electrons. The highest BCUT2D eigenvalue weighted by Gasteiger charge is 2.29. The van der Waals surface area contributed by atoms with E-state index in [1.807, 2.05) is 6.92 Å². The third-order valence-electron chi connectivity index (χ3n) is 5.37. The zero-order valence-corrected chi connectivity index (χ0v) is 16.1. The number of aryl methyl sites for hydroxylation is 1. The van der Waals surface area contributed by atoms with Crippen molar-refractivity contribution in [3.63, 3.8) is 0 Å². The van der Waals surface area contributed by atoms with E-state index in [4.69, 9.17) is 4.74 Å². The van der Waals surface area contributed by atoms with Crippen molar-refractivity contribution in [2.45, 2.75) is 64.8 Å². The number of esters is 1. The second-order valence-corrected chi connectivity index (χ2v) is 8.27. The number of quaternary nitrogens is 1. The Kier molecular flexibility index (Phi) is 6.12. The zero-order chi connectivity index (χ0) is 17.8. The van der Waals surface area contributed by atoms with Crippen LogP contribution in [0.5, 0.6) is 0 Å². The van der Waals surface area contributed by atoms with Gasteiger partial charge >= 0.3 is 5.97 Å². The van der Waals surface area contributed by atoms with Gasteiger partial charge in [0.2, 0.25) is 0 Å². The predicted molar refractivity (Wildman–Crippen MR) is 99.6 cm³/mol. The molecule has 3 rings (SSSR count). The van der Waals surface area contributed by atoms with Crippen molar-refractivity contribution >= 4 is 28.2 Å². The molecule has 0 aromatic carbocycles. The second kappa shape index (κ2) is 8.32. The first-order chi connectivity index (χ1) is 12.1. The van der Waals surface area contributed by atoms with Gasteiger partial charge in [0, 0.05) is 4.88 Å². The van der Waals surface area contributed by atoms with Gasteiger partial charge in [-0.1, -0.05) is 0 Å². The molecule has 138 valence electrons. The van der Waals surface area contributed by atoms with Gasteiger partial charge in [0.1, 0.15) is 5.00 Å². The van der Waals surface area contributed by atoms with Crippen LogP contribution in [0, 0.1) is 0 Å². The number of amides is 1. The average molecular weight is 366 g/mol. The molecule has 0 bridgehead atoms. The molecule has 0 spiro atoms. The van der Waals surface area contributed by atoms with Crippen molar-refractivity contribution in [3.8, 4) is 0 Å². The number of piperidine rings is 1. The molecule has 25 heavy (non-hydrogen) atoms. The third kappa shape index (κ3) is 4.23. The van der Waals surface area contributed by atoms with E-state index in [1.54, 1.807) is 11.3 Å². The summed E-state index contributed by atoms with van der Waals surface area (Å²) in [5.74, 6) is -0.288. The molecule has 1 aromatic heterocycles. The van der Waals surface area contributed by atoms with Crippen LogP contribution < -0.4 is 10.2 Å². The second-order valence-electron chi connectivity index (χ2n) is 7.17. The molecular formula is C19H29N2O3S+. The van der Waals surface area contributed by atoms with Crippen LogP contribution >= 0.6 is 11.3 Å². The first-order valence-corrected chi connectivity index (χ1v) is 10.4. The van der Waals surface area contributed by atoms with E-state index in [1.165, 1.54) is 29.0 Å². The van der Waals surface area contributed by atoms with E-state index in [0.717, 1.165) is 37.8 Å². The molecule has 2 heterocycles. The molecule has 1 saturated heterocycles. The van der Waals surface area contributed by atoms with Crippen LogP contribution in [-0.4, -0.2) is 37.6 Å². The summed E-state index contributed by atoms with van der Waals surface area (Å²) < 4.78 is 5.25. The quantitative estimate of drug-likeness (QED) is 0.787. The van der Waals surface area contributed by atoms with E-state index in [-0.39, 0.29) is 11.9 Å². The largest absolute Gasteiger partial charge is 0.462 e. The van der Waals surface area contributed by atoms with Crippen molar-refractivity contribution in [2.24, 2.45) is 0 Å². The summed E-state index contributed by atoms with van der Waals surface area (Å²) in [7, 11) is 0. The normalized spacial score (nSPS) is 23.0. The van der Waals surface area contributed by atoms with Crippen molar-refractivity contribution < 1.29 is 19.2 Å². The van der Waals surface area contributed by atoms with Crippen molar-refractivity contribution in [3.05, 3.63) is 16.0 Å². The minimum atomic E-state index is -0.295. The summed E-state index contributed by atoms with van der Waals surface area (Å²) in [4.78, 5) is 27.6. The summed E-state index contributed by atoms with van der Waals surface area (Å²) in [6.45, 7) is 5.92. The molecule has 1 amide bonds. The van der Waals surface area contributed by atoms with Crippen LogP contribution in [0.25, 0.3) is 0 Å². The summed E-state index contributed by atoms with van der Waals surface area (Å²) in [6.07, 6.45) is 7.79. The number of ether oxygens (including phenoxy) is 1. The first kappa shape index (κ1) is 18.4. The number of rotatable bonds is 5. The van der Waals surface area contributed by atoms with E-state index >= 15 is 0 Å². The smallest absolute Gasteiger partial charge is 0.341 e. The van der Waals surface area contributed by atoms with Crippen molar-refractivity contribution in [1.29, 1.82) is 0 Å². The maximum Gasteiger partial charge on any atom is 0.341 e. The van der Waals surface area contributed by atoms with Gasteiger partial charge in [0.15, 0.2) is 6.54 Å². The van der Waals surface area contributed by atoms with Crippen LogP contribution in [0.1, 0.15) is 66.8 Å². The van der Waals surface area contributed by atoms with Crippen LogP contribution in [-0.2, 0) is 22.4 Å².